The van der Waals surface area contributed by atoms with Crippen molar-refractivity contribution in [1.29, 1.82) is 0 Å². The van der Waals surface area contributed by atoms with Crippen LogP contribution in [0.2, 0.25) is 0 Å². The molecule has 1 rings (SSSR count). The molecule has 11 heavy (non-hydrogen) atoms. The van der Waals surface area contributed by atoms with E-state index in [-0.39, 0.29) is 11.6 Å². The largest absolute Gasteiger partial charge is 0.299 e. The summed E-state index contributed by atoms with van der Waals surface area (Å²) in [7, 11) is 0. The van der Waals surface area contributed by atoms with Crippen LogP contribution in [0, 0.1) is 5.92 Å². The maximum atomic E-state index is 11.3. The first-order chi connectivity index (χ1) is 5.13. The van der Waals surface area contributed by atoms with Crippen LogP contribution in [-0.2, 0) is 9.59 Å². The highest BCUT2D eigenvalue weighted by atomic mass is 16.1. The lowest BCUT2D eigenvalue weighted by Crippen LogP contribution is -2.19. The molecule has 2 nitrogen and oxygen atoms in total. The minimum absolute atomic E-state index is 0.00694. The molecule has 0 heterocycles. The number of Topliss-reactive ketones (excluding diaryl/α,β-unsaturated/α-hetero) is 2. The van der Waals surface area contributed by atoms with Crippen molar-refractivity contribution in [2.24, 2.45) is 5.92 Å². The lowest BCUT2D eigenvalue weighted by Gasteiger charge is -2.04. The fourth-order valence-electron chi connectivity index (χ4n) is 1.24. The monoisotopic (exact) mass is 152 g/mol. The SMILES string of the molecule is CC1=CCCC(=O)[C@@H](C)C1=O. The molecule has 0 bridgehead atoms. The molecule has 1 aliphatic carbocycles. The third kappa shape index (κ3) is 1.56. The Hall–Kier alpha value is -0.920. The smallest absolute Gasteiger partial charge is 0.168 e. The summed E-state index contributed by atoms with van der Waals surface area (Å²) in [4.78, 5) is 22.4. The molecule has 0 fully saturated rings. The highest BCUT2D eigenvalue weighted by Gasteiger charge is 2.23. The maximum absolute atomic E-state index is 11.3. The number of carbonyl (C=O) groups is 2. The topological polar surface area (TPSA) is 34.1 Å². The third-order valence-electron chi connectivity index (χ3n) is 2.11. The van der Waals surface area contributed by atoms with E-state index in [9.17, 15) is 9.59 Å². The Labute approximate surface area is 66.3 Å². The predicted molar refractivity (Wildman–Crippen MR) is 42.2 cm³/mol. The van der Waals surface area contributed by atoms with Gasteiger partial charge in [-0.15, -0.1) is 0 Å². The fourth-order valence-corrected chi connectivity index (χ4v) is 1.24. The number of allylic oxidation sites excluding steroid dienone is 2. The van der Waals surface area contributed by atoms with Crippen LogP contribution in [0.4, 0.5) is 0 Å². The van der Waals surface area contributed by atoms with Crippen LogP contribution in [-0.4, -0.2) is 11.6 Å². The number of rotatable bonds is 0. The summed E-state index contributed by atoms with van der Waals surface area (Å²) in [6.45, 7) is 3.46. The van der Waals surface area contributed by atoms with Gasteiger partial charge in [-0.25, -0.2) is 0 Å². The van der Waals surface area contributed by atoms with Gasteiger partial charge >= 0.3 is 0 Å². The summed E-state index contributed by atoms with van der Waals surface area (Å²) in [5, 5.41) is 0. The molecule has 0 spiro atoms. The van der Waals surface area contributed by atoms with E-state index >= 15 is 0 Å². The van der Waals surface area contributed by atoms with Gasteiger partial charge in [0.1, 0.15) is 5.78 Å². The van der Waals surface area contributed by atoms with Gasteiger partial charge in [-0.05, 0) is 25.8 Å². The summed E-state index contributed by atoms with van der Waals surface area (Å²) in [5.41, 5.74) is 0.739. The number of ketones is 2. The molecule has 0 radical (unpaired) electrons. The van der Waals surface area contributed by atoms with Crippen molar-refractivity contribution in [2.45, 2.75) is 26.7 Å². The first-order valence-electron chi connectivity index (χ1n) is 3.86. The van der Waals surface area contributed by atoms with Gasteiger partial charge in [0.2, 0.25) is 0 Å². The molecule has 0 saturated heterocycles. The van der Waals surface area contributed by atoms with Gasteiger partial charge in [0.25, 0.3) is 0 Å². The maximum Gasteiger partial charge on any atom is 0.168 e. The van der Waals surface area contributed by atoms with E-state index in [0.29, 0.717) is 6.42 Å². The molecule has 0 aliphatic heterocycles. The van der Waals surface area contributed by atoms with Crippen molar-refractivity contribution >= 4 is 11.6 Å². The van der Waals surface area contributed by atoms with Crippen molar-refractivity contribution in [3.8, 4) is 0 Å². The number of hydrogen-bond donors (Lipinski definition) is 0. The van der Waals surface area contributed by atoms with E-state index in [1.807, 2.05) is 6.08 Å². The predicted octanol–water partition coefficient (Wildman–Crippen LogP) is 1.50. The molecule has 0 saturated carbocycles. The third-order valence-corrected chi connectivity index (χ3v) is 2.11. The van der Waals surface area contributed by atoms with Crippen LogP contribution >= 0.6 is 0 Å². The van der Waals surface area contributed by atoms with Crippen LogP contribution in [0.15, 0.2) is 11.6 Å². The minimum Gasteiger partial charge on any atom is -0.299 e. The average Bonchev–Trinajstić information content (AvgIpc) is 2.07. The minimum atomic E-state index is -0.409. The van der Waals surface area contributed by atoms with E-state index in [4.69, 9.17) is 0 Å². The van der Waals surface area contributed by atoms with Gasteiger partial charge in [0, 0.05) is 6.42 Å². The Bertz CT molecular complexity index is 226. The molecule has 0 aromatic carbocycles. The Kier molecular flexibility index (Phi) is 2.22. The summed E-state index contributed by atoms with van der Waals surface area (Å²) < 4.78 is 0. The van der Waals surface area contributed by atoms with Gasteiger partial charge in [-0.3, -0.25) is 9.59 Å². The fraction of sp³-hybridized carbons (Fsp3) is 0.556. The second-order valence-electron chi connectivity index (χ2n) is 2.98. The highest BCUT2D eigenvalue weighted by Crippen LogP contribution is 2.15. The zero-order chi connectivity index (χ0) is 8.43. The summed E-state index contributed by atoms with van der Waals surface area (Å²) in [5.74, 6) is -0.343. The van der Waals surface area contributed by atoms with Gasteiger partial charge < -0.3 is 0 Å². The molecule has 0 unspecified atom stereocenters. The Balaban J connectivity index is 2.87. The van der Waals surface area contributed by atoms with Crippen LogP contribution in [0.25, 0.3) is 0 Å². The van der Waals surface area contributed by atoms with Gasteiger partial charge in [-0.2, -0.15) is 0 Å². The van der Waals surface area contributed by atoms with Crippen LogP contribution in [0.3, 0.4) is 0 Å². The molecule has 0 amide bonds. The second kappa shape index (κ2) is 2.99. The zero-order valence-corrected chi connectivity index (χ0v) is 6.89. The van der Waals surface area contributed by atoms with Crippen molar-refractivity contribution < 1.29 is 9.59 Å². The standard InChI is InChI=1S/C9H12O2/c1-6-4-3-5-8(10)7(2)9(6)11/h4,7H,3,5H2,1-2H3/t7-/m1/s1. The molecule has 0 aromatic rings. The Morgan fingerprint density at radius 2 is 2.09 bits per heavy atom. The zero-order valence-electron chi connectivity index (χ0n) is 6.89. The molecule has 0 N–H and O–H groups in total. The Morgan fingerprint density at radius 1 is 1.45 bits per heavy atom. The van der Waals surface area contributed by atoms with Gasteiger partial charge in [0.05, 0.1) is 5.92 Å². The highest BCUT2D eigenvalue weighted by molar-refractivity contribution is 6.10. The van der Waals surface area contributed by atoms with Crippen LogP contribution < -0.4 is 0 Å². The van der Waals surface area contributed by atoms with E-state index in [2.05, 4.69) is 0 Å². The van der Waals surface area contributed by atoms with Crippen molar-refractivity contribution in [1.82, 2.24) is 0 Å². The molecule has 60 valence electrons. The van der Waals surface area contributed by atoms with E-state index < -0.39 is 5.92 Å². The lowest BCUT2D eigenvalue weighted by atomic mass is 9.98. The number of carbonyl (C=O) groups excluding carboxylic acids is 2. The normalized spacial score (nSPS) is 26.4. The Morgan fingerprint density at radius 3 is 2.73 bits per heavy atom. The quantitative estimate of drug-likeness (QED) is 0.493. The molecule has 2 heteroatoms. The van der Waals surface area contributed by atoms with E-state index in [1.54, 1.807) is 13.8 Å². The van der Waals surface area contributed by atoms with Crippen LogP contribution in [0.5, 0.6) is 0 Å². The molecule has 1 atom stereocenters. The number of hydrogen-bond acceptors (Lipinski definition) is 2. The van der Waals surface area contributed by atoms with E-state index in [1.165, 1.54) is 0 Å². The second-order valence-corrected chi connectivity index (χ2v) is 2.98. The molecule has 1 aliphatic rings. The van der Waals surface area contributed by atoms with Gasteiger partial charge in [-0.1, -0.05) is 6.08 Å². The molecular formula is C9H12O2. The summed E-state index contributed by atoms with van der Waals surface area (Å²) in [6.07, 6.45) is 3.09. The summed E-state index contributed by atoms with van der Waals surface area (Å²) >= 11 is 0. The summed E-state index contributed by atoms with van der Waals surface area (Å²) in [6, 6.07) is 0. The van der Waals surface area contributed by atoms with Crippen molar-refractivity contribution in [3.63, 3.8) is 0 Å². The molecular weight excluding hydrogens is 140 g/mol. The lowest BCUT2D eigenvalue weighted by molar-refractivity contribution is -0.129. The average molecular weight is 152 g/mol. The van der Waals surface area contributed by atoms with Crippen LogP contribution in [0.1, 0.15) is 26.7 Å². The molecule has 0 aromatic heterocycles. The van der Waals surface area contributed by atoms with Crippen molar-refractivity contribution in [3.05, 3.63) is 11.6 Å². The first kappa shape index (κ1) is 8.18. The van der Waals surface area contributed by atoms with Gasteiger partial charge in [0.15, 0.2) is 5.78 Å². The first-order valence-corrected chi connectivity index (χ1v) is 3.86. The van der Waals surface area contributed by atoms with Crippen molar-refractivity contribution in [2.75, 3.05) is 0 Å². The van der Waals surface area contributed by atoms with E-state index in [0.717, 1.165) is 12.0 Å².